The average molecular weight is 391 g/mol. The molecular weight excluding hydrogens is 360 g/mol. The Morgan fingerprint density at radius 1 is 1.11 bits per heavy atom. The first-order chi connectivity index (χ1) is 13.1. The van der Waals surface area contributed by atoms with E-state index in [9.17, 15) is 9.59 Å². The normalized spacial score (nSPS) is 19.5. The van der Waals surface area contributed by atoms with Crippen LogP contribution in [0.2, 0.25) is 0 Å². The number of amides is 2. The molecule has 2 aliphatic heterocycles. The van der Waals surface area contributed by atoms with E-state index >= 15 is 0 Å². The molecule has 1 unspecified atom stereocenters. The Bertz CT molecular complexity index is 636. The number of imide groups is 1. The van der Waals surface area contributed by atoms with Crippen LogP contribution >= 0.6 is 11.8 Å². The maximum absolute atomic E-state index is 11.5. The number of hydrogen-bond acceptors (Lipinski definition) is 5. The van der Waals surface area contributed by atoms with Crippen LogP contribution in [0.25, 0.3) is 0 Å². The summed E-state index contributed by atoms with van der Waals surface area (Å²) in [6.07, 6.45) is 9.11. The molecule has 0 aliphatic carbocycles. The molecule has 1 saturated heterocycles. The number of carbonyl (C=O) groups excluding carboxylic acids is 2. The quantitative estimate of drug-likeness (QED) is 0.557. The fourth-order valence-electron chi connectivity index (χ4n) is 3.70. The Hall–Kier alpha value is -1.53. The first-order valence-electron chi connectivity index (χ1n) is 10.1. The number of fused-ring (bicyclic) bond motifs is 1. The third kappa shape index (κ3) is 5.72. The first kappa shape index (κ1) is 20.2. The molecule has 1 atom stereocenters. The highest BCUT2D eigenvalue weighted by atomic mass is 32.2. The van der Waals surface area contributed by atoms with E-state index in [2.05, 4.69) is 30.1 Å². The highest BCUT2D eigenvalue weighted by Gasteiger charge is 2.28. The van der Waals surface area contributed by atoms with E-state index in [-0.39, 0.29) is 17.4 Å². The maximum atomic E-state index is 11.5. The van der Waals surface area contributed by atoms with Crippen LogP contribution in [0.15, 0.2) is 24.3 Å². The molecule has 6 heteroatoms. The van der Waals surface area contributed by atoms with Gasteiger partial charge in [0.15, 0.2) is 6.23 Å². The van der Waals surface area contributed by atoms with E-state index in [1.165, 1.54) is 36.1 Å². The summed E-state index contributed by atoms with van der Waals surface area (Å²) in [5, 5.41) is -0.0735. The zero-order chi connectivity index (χ0) is 19.1. The molecule has 1 fully saturated rings. The van der Waals surface area contributed by atoms with Gasteiger partial charge in [0, 0.05) is 19.5 Å². The molecule has 0 aromatic heterocycles. The highest BCUT2D eigenvalue weighted by molar-refractivity contribution is 8.14. The van der Waals surface area contributed by atoms with Gasteiger partial charge < -0.3 is 4.74 Å². The summed E-state index contributed by atoms with van der Waals surface area (Å²) >= 11 is 1.12. The molecule has 2 heterocycles. The monoisotopic (exact) mass is 390 g/mol. The van der Waals surface area contributed by atoms with Crippen molar-refractivity contribution < 1.29 is 14.3 Å². The fourth-order valence-corrected chi connectivity index (χ4v) is 4.45. The van der Waals surface area contributed by atoms with Crippen LogP contribution < -0.4 is 4.74 Å². The Morgan fingerprint density at radius 2 is 1.85 bits per heavy atom. The highest BCUT2D eigenvalue weighted by Crippen LogP contribution is 2.28. The Balaban J connectivity index is 1.22. The lowest BCUT2D eigenvalue weighted by molar-refractivity contribution is -0.124. The number of rotatable bonds is 10. The zero-order valence-corrected chi connectivity index (χ0v) is 17.0. The minimum Gasteiger partial charge on any atom is -0.475 e. The second kappa shape index (κ2) is 10.1. The lowest BCUT2D eigenvalue weighted by Gasteiger charge is -2.32. The number of benzene rings is 1. The molecule has 0 saturated carbocycles. The third-order valence-electron chi connectivity index (χ3n) is 5.37. The van der Waals surface area contributed by atoms with Crippen LogP contribution in [0, 0.1) is 0 Å². The van der Waals surface area contributed by atoms with Gasteiger partial charge >= 0.3 is 0 Å². The van der Waals surface area contributed by atoms with Crippen molar-refractivity contribution in [3.05, 3.63) is 29.8 Å². The van der Waals surface area contributed by atoms with Gasteiger partial charge in [-0.15, -0.1) is 0 Å². The zero-order valence-electron chi connectivity index (χ0n) is 16.2. The molecule has 3 rings (SSSR count). The van der Waals surface area contributed by atoms with Gasteiger partial charge in [-0.3, -0.25) is 19.4 Å². The van der Waals surface area contributed by atoms with E-state index in [0.717, 1.165) is 49.7 Å². The lowest BCUT2D eigenvalue weighted by Crippen LogP contribution is -2.39. The van der Waals surface area contributed by atoms with E-state index in [4.69, 9.17) is 4.74 Å². The molecule has 0 N–H and O–H groups in total. The van der Waals surface area contributed by atoms with Crippen LogP contribution in [0.4, 0.5) is 4.79 Å². The number of thioether (sulfide) groups is 1. The van der Waals surface area contributed by atoms with Crippen LogP contribution in [-0.4, -0.2) is 53.1 Å². The number of hydrogen-bond donors (Lipinski definition) is 0. The number of nitrogens with zero attached hydrogens (tertiary/aromatic N) is 2. The average Bonchev–Trinajstić information content (AvgIpc) is 3.01. The predicted molar refractivity (Wildman–Crippen MR) is 109 cm³/mol. The van der Waals surface area contributed by atoms with Gasteiger partial charge in [-0.2, -0.15) is 0 Å². The fraction of sp³-hybridized carbons (Fsp3) is 0.619. The van der Waals surface area contributed by atoms with Crippen LogP contribution in [0.1, 0.15) is 50.5 Å². The molecule has 148 valence electrons. The van der Waals surface area contributed by atoms with Gasteiger partial charge in [-0.1, -0.05) is 55.6 Å². The van der Waals surface area contributed by atoms with Crippen molar-refractivity contribution >= 4 is 22.9 Å². The maximum Gasteiger partial charge on any atom is 0.288 e. The summed E-state index contributed by atoms with van der Waals surface area (Å²) in [6.45, 7) is 1.65. The van der Waals surface area contributed by atoms with Gasteiger partial charge in [-0.25, -0.2) is 0 Å². The second-order valence-electron chi connectivity index (χ2n) is 7.42. The molecule has 5 nitrogen and oxygen atoms in total. The minimum atomic E-state index is -0.0735. The molecule has 0 spiro atoms. The SMILES string of the molecule is CN(CCCCCCCCN1C(=O)CSC1=O)C1CCc2ccccc2O1. The third-order valence-corrected chi connectivity index (χ3v) is 6.23. The Kier molecular flexibility index (Phi) is 7.59. The summed E-state index contributed by atoms with van der Waals surface area (Å²) in [7, 11) is 2.15. The largest absolute Gasteiger partial charge is 0.475 e. The number of carbonyl (C=O) groups is 2. The van der Waals surface area contributed by atoms with Gasteiger partial charge in [-0.05, 0) is 37.9 Å². The molecule has 1 aromatic carbocycles. The summed E-state index contributed by atoms with van der Waals surface area (Å²) in [5.41, 5.74) is 1.32. The van der Waals surface area contributed by atoms with Crippen molar-refractivity contribution in [1.82, 2.24) is 9.80 Å². The number of aryl methyl sites for hydroxylation is 1. The minimum absolute atomic E-state index is 0.0272. The van der Waals surface area contributed by atoms with Crippen molar-refractivity contribution in [2.24, 2.45) is 0 Å². The number of ether oxygens (including phenoxy) is 1. The summed E-state index contributed by atoms with van der Waals surface area (Å²) in [6, 6.07) is 8.33. The van der Waals surface area contributed by atoms with Crippen molar-refractivity contribution in [2.75, 3.05) is 25.9 Å². The molecule has 0 bridgehead atoms. The Labute approximate surface area is 166 Å². The standard InChI is InChI=1S/C21H30N2O3S/c1-22(20-13-12-17-10-6-7-11-18(17)26-20)14-8-4-2-3-5-9-15-23-19(24)16-27-21(23)25/h6-7,10-11,20H,2-5,8-9,12-16H2,1H3. The van der Waals surface area contributed by atoms with Crippen molar-refractivity contribution in [3.8, 4) is 5.75 Å². The van der Waals surface area contributed by atoms with Gasteiger partial charge in [0.2, 0.25) is 5.91 Å². The van der Waals surface area contributed by atoms with E-state index in [0.29, 0.717) is 12.3 Å². The van der Waals surface area contributed by atoms with Crippen molar-refractivity contribution in [2.45, 2.75) is 57.6 Å². The van der Waals surface area contributed by atoms with Gasteiger partial charge in [0.1, 0.15) is 5.75 Å². The number of para-hydroxylation sites is 1. The molecule has 2 amide bonds. The van der Waals surface area contributed by atoms with E-state index in [1.54, 1.807) is 0 Å². The van der Waals surface area contributed by atoms with E-state index in [1.807, 2.05) is 6.07 Å². The van der Waals surface area contributed by atoms with Crippen LogP contribution in [0.5, 0.6) is 5.75 Å². The van der Waals surface area contributed by atoms with Crippen molar-refractivity contribution in [1.29, 1.82) is 0 Å². The summed E-state index contributed by atoms with van der Waals surface area (Å²) in [4.78, 5) is 26.8. The molecule has 1 aromatic rings. The van der Waals surface area contributed by atoms with Gasteiger partial charge in [0.05, 0.1) is 5.75 Å². The first-order valence-corrected chi connectivity index (χ1v) is 11.1. The van der Waals surface area contributed by atoms with Gasteiger partial charge in [0.25, 0.3) is 5.24 Å². The van der Waals surface area contributed by atoms with Crippen LogP contribution in [0.3, 0.4) is 0 Å². The predicted octanol–water partition coefficient (Wildman–Crippen LogP) is 4.31. The molecule has 27 heavy (non-hydrogen) atoms. The summed E-state index contributed by atoms with van der Waals surface area (Å²) in [5.74, 6) is 1.33. The molecule has 0 radical (unpaired) electrons. The smallest absolute Gasteiger partial charge is 0.288 e. The van der Waals surface area contributed by atoms with E-state index < -0.39 is 0 Å². The summed E-state index contributed by atoms with van der Waals surface area (Å²) < 4.78 is 6.13. The molecular formula is C21H30N2O3S. The Morgan fingerprint density at radius 3 is 2.63 bits per heavy atom. The lowest BCUT2D eigenvalue weighted by atomic mass is 10.0. The van der Waals surface area contributed by atoms with Crippen molar-refractivity contribution in [3.63, 3.8) is 0 Å². The topological polar surface area (TPSA) is 49.9 Å². The molecule has 2 aliphatic rings. The van der Waals surface area contributed by atoms with Crippen LogP contribution in [-0.2, 0) is 11.2 Å². The second-order valence-corrected chi connectivity index (χ2v) is 8.35. The number of unbranched alkanes of at least 4 members (excludes halogenated alkanes) is 5.